The molecule has 0 atom stereocenters. The summed E-state index contributed by atoms with van der Waals surface area (Å²) >= 11 is 0. The molecule has 0 bridgehead atoms. The quantitative estimate of drug-likeness (QED) is 0.490. The molecule has 8 heteroatoms. The van der Waals surface area contributed by atoms with Crippen molar-refractivity contribution in [2.45, 2.75) is 38.3 Å². The first-order chi connectivity index (χ1) is 15.9. The molecule has 3 aromatic heterocycles. The van der Waals surface area contributed by atoms with Crippen molar-refractivity contribution < 1.29 is 9.90 Å². The lowest BCUT2D eigenvalue weighted by Crippen LogP contribution is -2.51. The van der Waals surface area contributed by atoms with E-state index in [1.54, 1.807) is 24.8 Å². The summed E-state index contributed by atoms with van der Waals surface area (Å²) in [7, 11) is 0. The van der Waals surface area contributed by atoms with E-state index in [1.165, 1.54) is 0 Å². The highest BCUT2D eigenvalue weighted by atomic mass is 16.3. The van der Waals surface area contributed by atoms with Crippen molar-refractivity contribution in [3.8, 4) is 0 Å². The Kier molecular flexibility index (Phi) is 5.46. The number of carbonyl (C=O) groups is 1. The van der Waals surface area contributed by atoms with E-state index in [1.807, 2.05) is 30.5 Å². The van der Waals surface area contributed by atoms with Gasteiger partial charge in [0.25, 0.3) is 5.91 Å². The SMILES string of the molecule is CC(C)n1cnc2cc(C(=O)NCC3(O)CCN(c4ccnc5ccncc45)CC3)ccc21. The molecule has 1 saturated heterocycles. The maximum absolute atomic E-state index is 12.8. The Balaban J connectivity index is 1.23. The van der Waals surface area contributed by atoms with Crippen LogP contribution in [0, 0.1) is 0 Å². The lowest BCUT2D eigenvalue weighted by atomic mass is 9.90. The average molecular weight is 445 g/mol. The summed E-state index contributed by atoms with van der Waals surface area (Å²) in [5.41, 5.74) is 3.40. The highest BCUT2D eigenvalue weighted by Crippen LogP contribution is 2.30. The van der Waals surface area contributed by atoms with Gasteiger partial charge in [0.1, 0.15) is 0 Å². The zero-order valence-corrected chi connectivity index (χ0v) is 18.9. The number of hydrogen-bond acceptors (Lipinski definition) is 6. The summed E-state index contributed by atoms with van der Waals surface area (Å²) in [4.78, 5) is 28.1. The minimum Gasteiger partial charge on any atom is -0.388 e. The Hall–Kier alpha value is -3.52. The van der Waals surface area contributed by atoms with Gasteiger partial charge in [-0.05, 0) is 57.0 Å². The monoisotopic (exact) mass is 444 g/mol. The molecule has 1 aromatic carbocycles. The third-order valence-corrected chi connectivity index (χ3v) is 6.53. The molecular formula is C25H28N6O2. The number of nitrogens with one attached hydrogen (secondary N) is 1. The summed E-state index contributed by atoms with van der Waals surface area (Å²) in [6, 6.07) is 9.74. The second-order valence-corrected chi connectivity index (χ2v) is 9.07. The highest BCUT2D eigenvalue weighted by Gasteiger charge is 2.33. The van der Waals surface area contributed by atoms with Crippen molar-refractivity contribution in [2.24, 2.45) is 0 Å². The van der Waals surface area contributed by atoms with E-state index in [0.717, 1.165) is 27.6 Å². The molecule has 2 N–H and O–H groups in total. The number of carbonyl (C=O) groups excluding carboxylic acids is 1. The number of hydrogen-bond donors (Lipinski definition) is 2. The Morgan fingerprint density at radius 3 is 2.73 bits per heavy atom. The van der Waals surface area contributed by atoms with Gasteiger partial charge < -0.3 is 19.9 Å². The topological polar surface area (TPSA) is 96.2 Å². The van der Waals surface area contributed by atoms with E-state index in [4.69, 9.17) is 0 Å². The maximum atomic E-state index is 12.8. The highest BCUT2D eigenvalue weighted by molar-refractivity contribution is 5.97. The third kappa shape index (κ3) is 4.14. The number of anilines is 1. The van der Waals surface area contributed by atoms with Crippen molar-refractivity contribution in [1.82, 2.24) is 24.8 Å². The lowest BCUT2D eigenvalue weighted by Gasteiger charge is -2.39. The molecule has 1 amide bonds. The van der Waals surface area contributed by atoms with Crippen LogP contribution in [0.5, 0.6) is 0 Å². The number of fused-ring (bicyclic) bond motifs is 2. The van der Waals surface area contributed by atoms with Crippen LogP contribution in [-0.2, 0) is 0 Å². The van der Waals surface area contributed by atoms with Gasteiger partial charge in [0.05, 0.1) is 28.5 Å². The molecule has 4 aromatic rings. The fraction of sp³-hybridized carbons (Fsp3) is 0.360. The minimum atomic E-state index is -0.934. The largest absolute Gasteiger partial charge is 0.388 e. The molecule has 1 aliphatic heterocycles. The number of rotatable bonds is 5. The molecular weight excluding hydrogens is 416 g/mol. The van der Waals surface area contributed by atoms with Crippen LogP contribution in [0.15, 0.2) is 55.2 Å². The van der Waals surface area contributed by atoms with Crippen molar-refractivity contribution in [3.63, 3.8) is 0 Å². The second-order valence-electron chi connectivity index (χ2n) is 9.07. The Labute approximate surface area is 192 Å². The van der Waals surface area contributed by atoms with E-state index >= 15 is 0 Å². The molecule has 1 aliphatic rings. The molecule has 0 spiro atoms. The number of aliphatic hydroxyl groups is 1. The molecule has 1 fully saturated rings. The van der Waals surface area contributed by atoms with Gasteiger partial charge in [-0.3, -0.25) is 14.8 Å². The van der Waals surface area contributed by atoms with Crippen LogP contribution < -0.4 is 10.2 Å². The van der Waals surface area contributed by atoms with E-state index < -0.39 is 5.60 Å². The number of nitrogens with zero attached hydrogens (tertiary/aromatic N) is 5. The zero-order valence-electron chi connectivity index (χ0n) is 18.9. The van der Waals surface area contributed by atoms with Crippen molar-refractivity contribution in [1.29, 1.82) is 0 Å². The number of benzene rings is 1. The molecule has 0 aliphatic carbocycles. The van der Waals surface area contributed by atoms with Crippen LogP contribution in [0.4, 0.5) is 5.69 Å². The van der Waals surface area contributed by atoms with Gasteiger partial charge in [-0.2, -0.15) is 0 Å². The van der Waals surface area contributed by atoms with E-state index in [2.05, 4.69) is 43.6 Å². The van der Waals surface area contributed by atoms with Crippen molar-refractivity contribution in [2.75, 3.05) is 24.5 Å². The van der Waals surface area contributed by atoms with Gasteiger partial charge in [-0.25, -0.2) is 4.98 Å². The Morgan fingerprint density at radius 2 is 1.94 bits per heavy atom. The van der Waals surface area contributed by atoms with Crippen LogP contribution >= 0.6 is 0 Å². The molecule has 4 heterocycles. The van der Waals surface area contributed by atoms with Gasteiger partial charge in [-0.1, -0.05) is 0 Å². The number of piperidine rings is 1. The summed E-state index contributed by atoms with van der Waals surface area (Å²) in [6.45, 7) is 5.80. The first-order valence-corrected chi connectivity index (χ1v) is 11.3. The Morgan fingerprint density at radius 1 is 1.12 bits per heavy atom. The van der Waals surface area contributed by atoms with Crippen molar-refractivity contribution >= 4 is 33.5 Å². The maximum Gasteiger partial charge on any atom is 0.251 e. The molecule has 0 radical (unpaired) electrons. The standard InChI is InChI=1S/C25H28N6O2/c1-17(2)31-16-29-21-13-18(3-4-23(21)31)24(32)28-15-25(33)7-11-30(12-8-25)22-6-10-27-20-5-9-26-14-19(20)22/h3-6,9-10,13-14,16-17,33H,7-8,11-12,15H2,1-2H3,(H,28,32). The van der Waals surface area contributed by atoms with Gasteiger partial charge in [0.2, 0.25) is 0 Å². The zero-order chi connectivity index (χ0) is 23.0. The van der Waals surface area contributed by atoms with Crippen LogP contribution in [0.25, 0.3) is 21.9 Å². The van der Waals surface area contributed by atoms with E-state index in [0.29, 0.717) is 37.5 Å². The van der Waals surface area contributed by atoms with Gasteiger partial charge in [-0.15, -0.1) is 0 Å². The first-order valence-electron chi connectivity index (χ1n) is 11.3. The normalized spacial score (nSPS) is 15.9. The van der Waals surface area contributed by atoms with Crippen LogP contribution in [0.3, 0.4) is 0 Å². The fourth-order valence-corrected chi connectivity index (χ4v) is 4.52. The Bertz CT molecular complexity index is 1300. The van der Waals surface area contributed by atoms with Gasteiger partial charge >= 0.3 is 0 Å². The molecule has 0 saturated carbocycles. The van der Waals surface area contributed by atoms with Crippen LogP contribution in [-0.4, -0.2) is 55.8 Å². The van der Waals surface area contributed by atoms with E-state index in [9.17, 15) is 9.90 Å². The summed E-state index contributed by atoms with van der Waals surface area (Å²) in [5, 5.41) is 15.0. The predicted molar refractivity (Wildman–Crippen MR) is 128 cm³/mol. The second kappa shape index (κ2) is 8.44. The number of pyridine rings is 2. The van der Waals surface area contributed by atoms with Gasteiger partial charge in [0, 0.05) is 60.9 Å². The first kappa shape index (κ1) is 21.3. The smallest absolute Gasteiger partial charge is 0.251 e. The predicted octanol–water partition coefficient (Wildman–Crippen LogP) is 3.32. The molecule has 170 valence electrons. The van der Waals surface area contributed by atoms with Crippen molar-refractivity contribution in [3.05, 3.63) is 60.8 Å². The number of amides is 1. The fourth-order valence-electron chi connectivity index (χ4n) is 4.52. The molecule has 8 nitrogen and oxygen atoms in total. The molecule has 33 heavy (non-hydrogen) atoms. The van der Waals surface area contributed by atoms with Gasteiger partial charge in [0.15, 0.2) is 0 Å². The number of aromatic nitrogens is 4. The molecule has 5 rings (SSSR count). The van der Waals surface area contributed by atoms with Crippen LogP contribution in [0.2, 0.25) is 0 Å². The molecule has 0 unspecified atom stereocenters. The number of imidazole rings is 1. The van der Waals surface area contributed by atoms with Crippen LogP contribution in [0.1, 0.15) is 43.1 Å². The lowest BCUT2D eigenvalue weighted by molar-refractivity contribution is 0.0166. The summed E-state index contributed by atoms with van der Waals surface area (Å²) in [5.74, 6) is -0.196. The minimum absolute atomic E-state index is 0.196. The third-order valence-electron chi connectivity index (χ3n) is 6.53. The van der Waals surface area contributed by atoms with E-state index in [-0.39, 0.29) is 12.5 Å². The summed E-state index contributed by atoms with van der Waals surface area (Å²) in [6.07, 6.45) is 8.31. The average Bonchev–Trinajstić information content (AvgIpc) is 3.26. The summed E-state index contributed by atoms with van der Waals surface area (Å²) < 4.78 is 2.08.